The Labute approximate surface area is 171 Å². The number of pyridine rings is 1. The molecule has 0 N–H and O–H groups in total. The molecule has 3 heterocycles. The number of benzene rings is 1. The van der Waals surface area contributed by atoms with Crippen molar-refractivity contribution in [1.82, 2.24) is 24.6 Å². The third-order valence-corrected chi connectivity index (χ3v) is 5.53. The van der Waals surface area contributed by atoms with Gasteiger partial charge >= 0.3 is 6.18 Å². The molecule has 3 aromatic rings. The fraction of sp³-hybridized carbons (Fsp3) is 0.353. The van der Waals surface area contributed by atoms with Gasteiger partial charge in [0.15, 0.2) is 0 Å². The van der Waals surface area contributed by atoms with Gasteiger partial charge < -0.3 is 9.30 Å². The molecule has 1 aromatic carbocycles. The van der Waals surface area contributed by atoms with Crippen molar-refractivity contribution >= 4 is 38.4 Å². The standard InChI is InChI=1S/C17H14BrClF3N5O/c1-28-15-11(14(19)10-6-9(18)2-3-12(10)23-15)7-26-4-5-27-13(8-26)24-25-16(27)17(20,21)22/h2-3,6H,4-5,7-8H2,1H3. The van der Waals surface area contributed by atoms with Crippen molar-refractivity contribution in [2.24, 2.45) is 0 Å². The second-order valence-corrected chi connectivity index (χ2v) is 7.67. The van der Waals surface area contributed by atoms with E-state index in [2.05, 4.69) is 31.1 Å². The lowest BCUT2D eigenvalue weighted by Gasteiger charge is -2.28. The zero-order valence-corrected chi connectivity index (χ0v) is 16.9. The molecule has 0 saturated carbocycles. The third-order valence-electron chi connectivity index (χ3n) is 4.60. The van der Waals surface area contributed by atoms with Gasteiger partial charge in [-0.2, -0.15) is 13.2 Å². The van der Waals surface area contributed by atoms with Crippen LogP contribution in [0.25, 0.3) is 10.9 Å². The van der Waals surface area contributed by atoms with E-state index in [9.17, 15) is 13.2 Å². The van der Waals surface area contributed by atoms with Crippen LogP contribution in [0.1, 0.15) is 17.2 Å². The molecule has 11 heteroatoms. The minimum Gasteiger partial charge on any atom is -0.481 e. The summed E-state index contributed by atoms with van der Waals surface area (Å²) in [5.74, 6) is -0.303. The fourth-order valence-corrected chi connectivity index (χ4v) is 3.95. The average molecular weight is 477 g/mol. The van der Waals surface area contributed by atoms with E-state index in [-0.39, 0.29) is 18.9 Å². The van der Waals surface area contributed by atoms with E-state index in [1.54, 1.807) is 0 Å². The number of halogens is 5. The molecule has 6 nitrogen and oxygen atoms in total. The highest BCUT2D eigenvalue weighted by Crippen LogP contribution is 2.35. The number of alkyl halides is 3. The summed E-state index contributed by atoms with van der Waals surface area (Å²) >= 11 is 10.1. The molecular formula is C17H14BrClF3N5O. The second-order valence-electron chi connectivity index (χ2n) is 6.37. The molecule has 0 atom stereocenters. The molecule has 0 amide bonds. The normalized spacial score (nSPS) is 15.1. The molecular weight excluding hydrogens is 463 g/mol. The van der Waals surface area contributed by atoms with Gasteiger partial charge in [-0.3, -0.25) is 4.90 Å². The highest BCUT2D eigenvalue weighted by atomic mass is 79.9. The number of methoxy groups -OCH3 is 1. The Morgan fingerprint density at radius 3 is 2.75 bits per heavy atom. The van der Waals surface area contributed by atoms with Gasteiger partial charge in [0.05, 0.1) is 24.2 Å². The number of hydrogen-bond donors (Lipinski definition) is 0. The summed E-state index contributed by atoms with van der Waals surface area (Å²) in [6.07, 6.45) is -4.52. The molecule has 28 heavy (non-hydrogen) atoms. The van der Waals surface area contributed by atoms with Crippen LogP contribution in [0.5, 0.6) is 5.88 Å². The molecule has 0 bridgehead atoms. The van der Waals surface area contributed by atoms with E-state index in [1.165, 1.54) is 7.11 Å². The predicted octanol–water partition coefficient (Wildman–Crippen LogP) is 4.29. The molecule has 2 aromatic heterocycles. The lowest BCUT2D eigenvalue weighted by molar-refractivity contribution is -0.148. The molecule has 0 spiro atoms. The highest BCUT2D eigenvalue weighted by molar-refractivity contribution is 9.10. The van der Waals surface area contributed by atoms with Crippen LogP contribution in [-0.4, -0.2) is 38.3 Å². The first kappa shape index (κ1) is 19.4. The van der Waals surface area contributed by atoms with Crippen LogP contribution in [0.3, 0.4) is 0 Å². The Hall–Kier alpha value is -1.91. The first-order valence-electron chi connectivity index (χ1n) is 8.31. The Morgan fingerprint density at radius 2 is 2.04 bits per heavy atom. The van der Waals surface area contributed by atoms with Gasteiger partial charge in [-0.25, -0.2) is 4.98 Å². The van der Waals surface area contributed by atoms with Crippen LogP contribution in [0.15, 0.2) is 22.7 Å². The van der Waals surface area contributed by atoms with Crippen LogP contribution in [-0.2, 0) is 25.8 Å². The van der Waals surface area contributed by atoms with E-state index in [0.717, 1.165) is 14.4 Å². The highest BCUT2D eigenvalue weighted by Gasteiger charge is 2.39. The monoisotopic (exact) mass is 475 g/mol. The van der Waals surface area contributed by atoms with Gasteiger partial charge in [0, 0.05) is 35.1 Å². The largest absolute Gasteiger partial charge is 0.481 e. The van der Waals surface area contributed by atoms with Gasteiger partial charge in [-0.1, -0.05) is 27.5 Å². The van der Waals surface area contributed by atoms with Crippen molar-refractivity contribution in [3.63, 3.8) is 0 Å². The lowest BCUT2D eigenvalue weighted by atomic mass is 10.1. The van der Waals surface area contributed by atoms with E-state index < -0.39 is 12.0 Å². The first-order valence-corrected chi connectivity index (χ1v) is 9.48. The van der Waals surface area contributed by atoms with Crippen molar-refractivity contribution in [3.05, 3.63) is 44.9 Å². The summed E-state index contributed by atoms with van der Waals surface area (Å²) in [6, 6.07) is 5.57. The first-order chi connectivity index (χ1) is 13.3. The molecule has 148 valence electrons. The summed E-state index contributed by atoms with van der Waals surface area (Å²) in [7, 11) is 1.51. The number of rotatable bonds is 3. The van der Waals surface area contributed by atoms with Gasteiger partial charge in [0.2, 0.25) is 11.7 Å². The average Bonchev–Trinajstić information content (AvgIpc) is 3.08. The summed E-state index contributed by atoms with van der Waals surface area (Å²) in [4.78, 5) is 6.45. The molecule has 1 aliphatic heterocycles. The maximum Gasteiger partial charge on any atom is 0.451 e. The minimum atomic E-state index is -4.52. The van der Waals surface area contributed by atoms with E-state index >= 15 is 0 Å². The fourth-order valence-electron chi connectivity index (χ4n) is 3.30. The molecule has 1 aliphatic rings. The van der Waals surface area contributed by atoms with Gasteiger partial charge in [0.1, 0.15) is 5.82 Å². The SMILES string of the molecule is COc1nc2ccc(Br)cc2c(Cl)c1CN1CCn2c(nnc2C(F)(F)F)C1. The molecule has 0 aliphatic carbocycles. The number of nitrogens with zero attached hydrogens (tertiary/aromatic N) is 5. The van der Waals surface area contributed by atoms with Crippen molar-refractivity contribution in [2.45, 2.75) is 25.8 Å². The van der Waals surface area contributed by atoms with E-state index in [4.69, 9.17) is 16.3 Å². The summed E-state index contributed by atoms with van der Waals surface area (Å²) in [5.41, 5.74) is 1.38. The van der Waals surface area contributed by atoms with Crippen LogP contribution >= 0.6 is 27.5 Å². The zero-order chi connectivity index (χ0) is 20.1. The van der Waals surface area contributed by atoms with Crippen LogP contribution in [0.2, 0.25) is 5.02 Å². The molecule has 0 fully saturated rings. The number of hydrogen-bond acceptors (Lipinski definition) is 5. The quantitative estimate of drug-likeness (QED) is 0.565. The van der Waals surface area contributed by atoms with Gasteiger partial charge in [-0.05, 0) is 18.2 Å². The smallest absolute Gasteiger partial charge is 0.451 e. The van der Waals surface area contributed by atoms with E-state index in [0.29, 0.717) is 35.1 Å². The Kier molecular flexibility index (Phi) is 4.96. The maximum atomic E-state index is 13.0. The zero-order valence-electron chi connectivity index (χ0n) is 14.6. The third kappa shape index (κ3) is 3.44. The lowest BCUT2D eigenvalue weighted by Crippen LogP contribution is -2.35. The molecule has 0 saturated heterocycles. The summed E-state index contributed by atoms with van der Waals surface area (Å²) in [5, 5.41) is 8.29. The predicted molar refractivity (Wildman–Crippen MR) is 100 cm³/mol. The van der Waals surface area contributed by atoms with Crippen molar-refractivity contribution in [2.75, 3.05) is 13.7 Å². The van der Waals surface area contributed by atoms with Crippen LogP contribution in [0.4, 0.5) is 13.2 Å². The number of fused-ring (bicyclic) bond motifs is 2. The minimum absolute atomic E-state index is 0.143. The number of aromatic nitrogens is 4. The Bertz CT molecular complexity index is 1060. The number of ether oxygens (including phenoxy) is 1. The Balaban J connectivity index is 1.66. The Morgan fingerprint density at radius 1 is 1.25 bits per heavy atom. The van der Waals surface area contributed by atoms with Gasteiger partial charge in [0.25, 0.3) is 0 Å². The maximum absolute atomic E-state index is 13.0. The van der Waals surface area contributed by atoms with E-state index in [1.807, 2.05) is 23.1 Å². The summed E-state index contributed by atoms with van der Waals surface area (Å²) < 4.78 is 46.4. The van der Waals surface area contributed by atoms with Gasteiger partial charge in [-0.15, -0.1) is 10.2 Å². The topological polar surface area (TPSA) is 56.1 Å². The van der Waals surface area contributed by atoms with Crippen molar-refractivity contribution in [3.8, 4) is 5.88 Å². The molecule has 0 unspecified atom stereocenters. The molecule has 4 rings (SSSR count). The molecule has 0 radical (unpaired) electrons. The van der Waals surface area contributed by atoms with Crippen LogP contribution < -0.4 is 4.74 Å². The van der Waals surface area contributed by atoms with Crippen molar-refractivity contribution in [1.29, 1.82) is 0 Å². The van der Waals surface area contributed by atoms with Crippen molar-refractivity contribution < 1.29 is 17.9 Å². The summed E-state index contributed by atoms with van der Waals surface area (Å²) in [6.45, 7) is 1.12. The second kappa shape index (κ2) is 7.16. The van der Waals surface area contributed by atoms with Crippen LogP contribution in [0, 0.1) is 0 Å².